The van der Waals surface area contributed by atoms with Crippen molar-refractivity contribution in [3.63, 3.8) is 0 Å². The average molecular weight is 347 g/mol. The molecule has 1 amide bonds. The quantitative estimate of drug-likeness (QED) is 0.885. The summed E-state index contributed by atoms with van der Waals surface area (Å²) in [4.78, 5) is 15.3. The van der Waals surface area contributed by atoms with Crippen molar-refractivity contribution in [1.82, 2.24) is 4.90 Å². The van der Waals surface area contributed by atoms with Crippen LogP contribution < -0.4 is 5.73 Å². The van der Waals surface area contributed by atoms with Crippen LogP contribution in [0, 0.1) is 17.8 Å². The SMILES string of the molecule is CC1(C)C(c2ccc(Cl)cc2)CCN1C(=O)C1CC2CC(N)C2C1. The van der Waals surface area contributed by atoms with Crippen LogP contribution in [0.1, 0.15) is 51.0 Å². The van der Waals surface area contributed by atoms with Crippen LogP contribution >= 0.6 is 11.6 Å². The van der Waals surface area contributed by atoms with Gasteiger partial charge in [-0.3, -0.25) is 4.79 Å². The van der Waals surface area contributed by atoms with E-state index < -0.39 is 0 Å². The summed E-state index contributed by atoms with van der Waals surface area (Å²) in [6.07, 6.45) is 4.20. The monoisotopic (exact) mass is 346 g/mol. The van der Waals surface area contributed by atoms with E-state index in [0.717, 1.165) is 37.3 Å². The van der Waals surface area contributed by atoms with Crippen molar-refractivity contribution < 1.29 is 4.79 Å². The van der Waals surface area contributed by atoms with Crippen LogP contribution in [-0.4, -0.2) is 28.9 Å². The van der Waals surface area contributed by atoms with E-state index in [2.05, 4.69) is 30.9 Å². The summed E-state index contributed by atoms with van der Waals surface area (Å²) in [5.74, 6) is 2.22. The van der Waals surface area contributed by atoms with Gasteiger partial charge in [0.2, 0.25) is 5.91 Å². The lowest BCUT2D eigenvalue weighted by Gasteiger charge is -2.38. The maximum atomic E-state index is 13.2. The molecule has 5 unspecified atom stereocenters. The number of likely N-dealkylation sites (tertiary alicyclic amines) is 1. The lowest BCUT2D eigenvalue weighted by molar-refractivity contribution is -0.138. The second kappa shape index (κ2) is 5.74. The average Bonchev–Trinajstić information content (AvgIpc) is 3.04. The third-order valence-corrected chi connectivity index (χ3v) is 7.20. The van der Waals surface area contributed by atoms with Crippen LogP contribution in [0.4, 0.5) is 0 Å². The second-order valence-corrected chi connectivity index (χ2v) is 8.96. The molecule has 130 valence electrons. The van der Waals surface area contributed by atoms with Gasteiger partial charge in [-0.1, -0.05) is 23.7 Å². The molecule has 3 aliphatic rings. The molecule has 3 fully saturated rings. The number of carbonyl (C=O) groups is 1. The summed E-state index contributed by atoms with van der Waals surface area (Å²) in [6.45, 7) is 5.29. The Balaban J connectivity index is 1.50. The number of carbonyl (C=O) groups excluding carboxylic acids is 1. The van der Waals surface area contributed by atoms with Gasteiger partial charge >= 0.3 is 0 Å². The van der Waals surface area contributed by atoms with Gasteiger partial charge in [-0.15, -0.1) is 0 Å². The molecule has 4 heteroatoms. The summed E-state index contributed by atoms with van der Waals surface area (Å²) >= 11 is 6.02. The number of hydrogen-bond acceptors (Lipinski definition) is 2. The zero-order valence-corrected chi connectivity index (χ0v) is 15.3. The Hall–Kier alpha value is -1.06. The summed E-state index contributed by atoms with van der Waals surface area (Å²) < 4.78 is 0. The van der Waals surface area contributed by atoms with Crippen LogP contribution in [0.15, 0.2) is 24.3 Å². The normalized spacial score (nSPS) is 37.2. The number of fused-ring (bicyclic) bond motifs is 1. The van der Waals surface area contributed by atoms with E-state index in [1.54, 1.807) is 0 Å². The third kappa shape index (κ3) is 2.48. The molecule has 3 nitrogen and oxygen atoms in total. The lowest BCUT2D eigenvalue weighted by atomic mass is 9.72. The number of halogens is 1. The third-order valence-electron chi connectivity index (χ3n) is 6.95. The second-order valence-electron chi connectivity index (χ2n) is 8.53. The Morgan fingerprint density at radius 3 is 2.54 bits per heavy atom. The molecule has 0 spiro atoms. The molecule has 4 rings (SSSR count). The highest BCUT2D eigenvalue weighted by Gasteiger charge is 2.51. The molecule has 1 saturated heterocycles. The molecule has 24 heavy (non-hydrogen) atoms. The van der Waals surface area contributed by atoms with Gasteiger partial charge < -0.3 is 10.6 Å². The Labute approximate surface area is 149 Å². The number of benzene rings is 1. The first kappa shape index (κ1) is 16.4. The van der Waals surface area contributed by atoms with Gasteiger partial charge in [0.15, 0.2) is 0 Å². The van der Waals surface area contributed by atoms with E-state index in [0.29, 0.717) is 29.7 Å². The first-order valence-corrected chi connectivity index (χ1v) is 9.58. The highest BCUT2D eigenvalue weighted by molar-refractivity contribution is 6.30. The van der Waals surface area contributed by atoms with Crippen molar-refractivity contribution in [2.75, 3.05) is 6.54 Å². The zero-order chi connectivity index (χ0) is 17.1. The predicted octanol–water partition coefficient (Wildman–Crippen LogP) is 3.81. The molecule has 0 radical (unpaired) electrons. The molecule has 0 aromatic heterocycles. The van der Waals surface area contributed by atoms with E-state index in [-0.39, 0.29) is 11.5 Å². The number of nitrogens with zero attached hydrogens (tertiary/aromatic N) is 1. The van der Waals surface area contributed by atoms with Crippen molar-refractivity contribution in [2.45, 2.75) is 57.0 Å². The van der Waals surface area contributed by atoms with Crippen LogP contribution in [0.25, 0.3) is 0 Å². The molecule has 1 aromatic carbocycles. The van der Waals surface area contributed by atoms with E-state index in [9.17, 15) is 4.79 Å². The highest BCUT2D eigenvalue weighted by Crippen LogP contribution is 2.51. The van der Waals surface area contributed by atoms with Gasteiger partial charge in [-0.05, 0) is 69.1 Å². The molecule has 1 aromatic rings. The van der Waals surface area contributed by atoms with Gasteiger partial charge in [0.25, 0.3) is 0 Å². The minimum absolute atomic E-state index is 0.144. The minimum atomic E-state index is -0.144. The Bertz CT molecular complexity index is 642. The van der Waals surface area contributed by atoms with Crippen LogP contribution in [0.5, 0.6) is 0 Å². The molecule has 2 aliphatic carbocycles. The molecule has 1 heterocycles. The molecule has 5 atom stereocenters. The molecule has 0 bridgehead atoms. The van der Waals surface area contributed by atoms with Crippen molar-refractivity contribution in [3.8, 4) is 0 Å². The van der Waals surface area contributed by atoms with E-state index in [1.165, 1.54) is 5.56 Å². The molecule has 2 saturated carbocycles. The fourth-order valence-electron chi connectivity index (χ4n) is 5.45. The molecule has 1 aliphatic heterocycles. The van der Waals surface area contributed by atoms with Gasteiger partial charge in [-0.2, -0.15) is 0 Å². The van der Waals surface area contributed by atoms with E-state index >= 15 is 0 Å². The summed E-state index contributed by atoms with van der Waals surface area (Å²) in [5.41, 5.74) is 7.25. The molecule has 2 N–H and O–H groups in total. The number of amides is 1. The number of rotatable bonds is 2. The number of hydrogen-bond donors (Lipinski definition) is 1. The van der Waals surface area contributed by atoms with Crippen molar-refractivity contribution in [3.05, 3.63) is 34.9 Å². The van der Waals surface area contributed by atoms with Crippen molar-refractivity contribution in [1.29, 1.82) is 0 Å². The minimum Gasteiger partial charge on any atom is -0.337 e. The van der Waals surface area contributed by atoms with E-state index in [4.69, 9.17) is 17.3 Å². The summed E-state index contributed by atoms with van der Waals surface area (Å²) in [6, 6.07) is 8.46. The summed E-state index contributed by atoms with van der Waals surface area (Å²) in [7, 11) is 0. The Morgan fingerprint density at radius 1 is 1.21 bits per heavy atom. The fraction of sp³-hybridized carbons (Fsp3) is 0.650. The van der Waals surface area contributed by atoms with Crippen molar-refractivity contribution in [2.24, 2.45) is 23.5 Å². The van der Waals surface area contributed by atoms with E-state index in [1.807, 2.05) is 12.1 Å². The lowest BCUT2D eigenvalue weighted by Crippen LogP contribution is -2.47. The smallest absolute Gasteiger partial charge is 0.226 e. The van der Waals surface area contributed by atoms with Crippen LogP contribution in [0.2, 0.25) is 5.02 Å². The fourth-order valence-corrected chi connectivity index (χ4v) is 5.58. The van der Waals surface area contributed by atoms with Gasteiger partial charge in [-0.25, -0.2) is 0 Å². The summed E-state index contributed by atoms with van der Waals surface area (Å²) in [5, 5.41) is 0.764. The maximum Gasteiger partial charge on any atom is 0.226 e. The van der Waals surface area contributed by atoms with Crippen LogP contribution in [-0.2, 0) is 4.79 Å². The largest absolute Gasteiger partial charge is 0.337 e. The first-order valence-electron chi connectivity index (χ1n) is 9.20. The van der Waals surface area contributed by atoms with Gasteiger partial charge in [0, 0.05) is 35.0 Å². The molecular formula is C20H27ClN2O. The predicted molar refractivity (Wildman–Crippen MR) is 96.9 cm³/mol. The Morgan fingerprint density at radius 2 is 1.92 bits per heavy atom. The van der Waals surface area contributed by atoms with Gasteiger partial charge in [0.1, 0.15) is 0 Å². The molecular weight excluding hydrogens is 320 g/mol. The first-order chi connectivity index (χ1) is 11.4. The Kier molecular flexibility index (Phi) is 3.92. The number of nitrogens with two attached hydrogens (primary N) is 1. The van der Waals surface area contributed by atoms with Crippen LogP contribution in [0.3, 0.4) is 0 Å². The van der Waals surface area contributed by atoms with Crippen molar-refractivity contribution >= 4 is 17.5 Å². The topological polar surface area (TPSA) is 46.3 Å². The maximum absolute atomic E-state index is 13.2. The highest BCUT2D eigenvalue weighted by atomic mass is 35.5. The zero-order valence-electron chi connectivity index (χ0n) is 14.5. The van der Waals surface area contributed by atoms with Gasteiger partial charge in [0.05, 0.1) is 0 Å². The standard InChI is InChI=1S/C20H27ClN2O/c1-20(2)17(12-3-5-15(21)6-4-12)7-8-23(20)19(24)14-9-13-11-18(22)16(13)10-14/h3-6,13-14,16-18H,7-11,22H2,1-2H3.